The number of aryl methyl sites for hydroxylation is 2. The zero-order chi connectivity index (χ0) is 23.5. The Labute approximate surface area is 208 Å². The summed E-state index contributed by atoms with van der Waals surface area (Å²) in [5.74, 6) is 0. The third-order valence-corrected chi connectivity index (χ3v) is 6.10. The molecule has 4 rings (SSSR count). The van der Waals surface area contributed by atoms with Crippen LogP contribution in [0.2, 0.25) is 10.0 Å². The van der Waals surface area contributed by atoms with Gasteiger partial charge in [0.1, 0.15) is 0 Å². The lowest BCUT2D eigenvalue weighted by molar-refractivity contribution is 0.659. The van der Waals surface area contributed by atoms with Gasteiger partial charge in [0.05, 0.1) is 42.0 Å². The van der Waals surface area contributed by atoms with Gasteiger partial charge >= 0.3 is 0 Å². The van der Waals surface area contributed by atoms with E-state index in [1.54, 1.807) is 12.3 Å². The van der Waals surface area contributed by atoms with Crippen LogP contribution in [0, 0.1) is 20.8 Å². The van der Waals surface area contributed by atoms with Crippen LogP contribution in [0.5, 0.6) is 0 Å². The summed E-state index contributed by atoms with van der Waals surface area (Å²) in [5.41, 5.74) is 6.85. The summed E-state index contributed by atoms with van der Waals surface area (Å²) < 4.78 is 3.77. The Balaban J connectivity index is 1.40. The normalized spacial score (nSPS) is 10.9. The van der Waals surface area contributed by atoms with Gasteiger partial charge in [-0.15, -0.1) is 0 Å². The van der Waals surface area contributed by atoms with Crippen LogP contribution >= 0.6 is 35.4 Å². The van der Waals surface area contributed by atoms with Crippen molar-refractivity contribution < 1.29 is 0 Å². The van der Waals surface area contributed by atoms with Gasteiger partial charge in [0.2, 0.25) is 0 Å². The van der Waals surface area contributed by atoms with Gasteiger partial charge in [-0.25, -0.2) is 0 Å². The summed E-state index contributed by atoms with van der Waals surface area (Å²) in [6.07, 6.45) is 3.69. The fourth-order valence-corrected chi connectivity index (χ4v) is 4.20. The second-order valence-corrected chi connectivity index (χ2v) is 9.18. The summed E-state index contributed by atoms with van der Waals surface area (Å²) >= 11 is 17.9. The van der Waals surface area contributed by atoms with Gasteiger partial charge in [-0.3, -0.25) is 9.36 Å². The first kappa shape index (κ1) is 23.3. The van der Waals surface area contributed by atoms with Crippen LogP contribution in [0.25, 0.3) is 0 Å². The fourth-order valence-electron chi connectivity index (χ4n) is 3.51. The van der Waals surface area contributed by atoms with Crippen molar-refractivity contribution in [1.82, 2.24) is 19.6 Å². The number of nitrogens with one attached hydrogen (secondary N) is 2. The molecule has 0 saturated heterocycles. The molecule has 0 fully saturated rings. The lowest BCUT2D eigenvalue weighted by atomic mass is 10.1. The molecule has 33 heavy (non-hydrogen) atoms. The summed E-state index contributed by atoms with van der Waals surface area (Å²) in [6, 6.07) is 13.9. The molecule has 0 aliphatic rings. The van der Waals surface area contributed by atoms with E-state index >= 15 is 0 Å². The molecule has 0 amide bonds. The molecule has 0 aliphatic heterocycles. The molecular formula is C24H24Cl2N6S. The Morgan fingerprint density at radius 1 is 1.00 bits per heavy atom. The third-order valence-electron chi connectivity index (χ3n) is 5.31. The number of hydrogen-bond donors (Lipinski definition) is 2. The van der Waals surface area contributed by atoms with Crippen molar-refractivity contribution >= 4 is 51.9 Å². The zero-order valence-corrected chi connectivity index (χ0v) is 20.9. The lowest BCUT2D eigenvalue weighted by Gasteiger charge is -2.10. The molecule has 0 radical (unpaired) electrons. The highest BCUT2D eigenvalue weighted by Crippen LogP contribution is 2.25. The topological polar surface area (TPSA) is 59.7 Å². The average molecular weight is 499 g/mol. The van der Waals surface area contributed by atoms with E-state index in [2.05, 4.69) is 52.0 Å². The van der Waals surface area contributed by atoms with E-state index in [4.69, 9.17) is 35.4 Å². The van der Waals surface area contributed by atoms with Gasteiger partial charge in [0, 0.05) is 16.2 Å². The van der Waals surface area contributed by atoms with Crippen LogP contribution in [-0.2, 0) is 13.1 Å². The summed E-state index contributed by atoms with van der Waals surface area (Å²) in [4.78, 5) is 0. The van der Waals surface area contributed by atoms with Crippen LogP contribution in [0.1, 0.15) is 28.1 Å². The lowest BCUT2D eigenvalue weighted by Crippen LogP contribution is -2.19. The van der Waals surface area contributed by atoms with Crippen molar-refractivity contribution in [3.05, 3.63) is 93.0 Å². The molecule has 0 bridgehead atoms. The Morgan fingerprint density at radius 2 is 1.76 bits per heavy atom. The summed E-state index contributed by atoms with van der Waals surface area (Å²) in [7, 11) is 0. The van der Waals surface area contributed by atoms with Crippen molar-refractivity contribution in [2.75, 3.05) is 10.6 Å². The summed E-state index contributed by atoms with van der Waals surface area (Å²) in [6.45, 7) is 7.25. The van der Waals surface area contributed by atoms with E-state index in [-0.39, 0.29) is 0 Å². The van der Waals surface area contributed by atoms with E-state index in [0.29, 0.717) is 28.2 Å². The molecule has 2 aromatic carbocycles. The van der Waals surface area contributed by atoms with E-state index in [9.17, 15) is 0 Å². The minimum Gasteiger partial charge on any atom is -0.330 e. The molecule has 0 atom stereocenters. The van der Waals surface area contributed by atoms with Crippen LogP contribution in [-0.4, -0.2) is 24.7 Å². The van der Waals surface area contributed by atoms with Crippen LogP contribution in [0.15, 0.2) is 54.9 Å². The molecule has 0 aliphatic carbocycles. The van der Waals surface area contributed by atoms with E-state index in [0.717, 1.165) is 28.3 Å². The summed E-state index contributed by atoms with van der Waals surface area (Å²) in [5, 5.41) is 17.2. The largest absolute Gasteiger partial charge is 0.330 e. The number of aromatic nitrogens is 4. The molecule has 6 nitrogen and oxygen atoms in total. The second-order valence-electron chi connectivity index (χ2n) is 7.93. The number of benzene rings is 2. The Kier molecular flexibility index (Phi) is 7.02. The number of halogens is 2. The van der Waals surface area contributed by atoms with Gasteiger partial charge in [-0.2, -0.15) is 10.2 Å². The maximum absolute atomic E-state index is 6.33. The predicted molar refractivity (Wildman–Crippen MR) is 140 cm³/mol. The zero-order valence-electron chi connectivity index (χ0n) is 18.6. The Morgan fingerprint density at radius 3 is 2.48 bits per heavy atom. The first-order chi connectivity index (χ1) is 15.8. The SMILES string of the molecule is Cc1ccc(Cn2cc(NC(=S)Nc3c(C)nn(Cc4ccc(Cl)cc4Cl)c3C)cn2)cc1. The monoisotopic (exact) mass is 498 g/mol. The number of hydrogen-bond acceptors (Lipinski definition) is 3. The Bertz CT molecular complexity index is 1290. The van der Waals surface area contributed by atoms with E-state index in [1.165, 1.54) is 11.1 Å². The molecule has 2 N–H and O–H groups in total. The van der Waals surface area contributed by atoms with Gasteiger partial charge in [0.15, 0.2) is 5.11 Å². The van der Waals surface area contributed by atoms with Crippen molar-refractivity contribution in [3.63, 3.8) is 0 Å². The molecule has 2 aromatic heterocycles. The average Bonchev–Trinajstić information content (AvgIpc) is 3.30. The van der Waals surface area contributed by atoms with Crippen molar-refractivity contribution in [1.29, 1.82) is 0 Å². The van der Waals surface area contributed by atoms with Gasteiger partial charge in [-0.1, -0.05) is 59.1 Å². The van der Waals surface area contributed by atoms with Crippen molar-refractivity contribution in [2.45, 2.75) is 33.9 Å². The molecule has 4 aromatic rings. The smallest absolute Gasteiger partial charge is 0.175 e. The van der Waals surface area contributed by atoms with Gasteiger partial charge in [-0.05, 0) is 56.2 Å². The molecule has 170 valence electrons. The third kappa shape index (κ3) is 5.74. The number of rotatable bonds is 6. The first-order valence-electron chi connectivity index (χ1n) is 10.4. The molecule has 9 heteroatoms. The van der Waals surface area contributed by atoms with Crippen LogP contribution < -0.4 is 10.6 Å². The molecule has 0 unspecified atom stereocenters. The standard InChI is InChI=1S/C24H24Cl2N6S/c1-15-4-6-18(7-5-15)12-31-14-21(11-27-31)28-24(33)29-23-16(2)30-32(17(23)3)13-19-8-9-20(25)10-22(19)26/h4-11,14H,12-13H2,1-3H3,(H2,28,29,33). The minimum absolute atomic E-state index is 0.472. The minimum atomic E-state index is 0.472. The number of thiocarbonyl (C=S) groups is 1. The van der Waals surface area contributed by atoms with E-state index in [1.807, 2.05) is 41.5 Å². The molecule has 0 spiro atoms. The van der Waals surface area contributed by atoms with E-state index < -0.39 is 0 Å². The van der Waals surface area contributed by atoms with Gasteiger partial charge in [0.25, 0.3) is 0 Å². The highest BCUT2D eigenvalue weighted by Gasteiger charge is 2.14. The number of anilines is 2. The van der Waals surface area contributed by atoms with Crippen molar-refractivity contribution in [2.24, 2.45) is 0 Å². The van der Waals surface area contributed by atoms with Gasteiger partial charge < -0.3 is 10.6 Å². The molecule has 2 heterocycles. The Hall–Kier alpha value is -2.87. The highest BCUT2D eigenvalue weighted by atomic mass is 35.5. The fraction of sp³-hybridized carbons (Fsp3) is 0.208. The van der Waals surface area contributed by atoms with Crippen LogP contribution in [0.4, 0.5) is 11.4 Å². The molecular weight excluding hydrogens is 475 g/mol. The maximum atomic E-state index is 6.33. The quantitative estimate of drug-likeness (QED) is 0.309. The highest BCUT2D eigenvalue weighted by molar-refractivity contribution is 7.80. The van der Waals surface area contributed by atoms with Crippen molar-refractivity contribution in [3.8, 4) is 0 Å². The van der Waals surface area contributed by atoms with Crippen LogP contribution in [0.3, 0.4) is 0 Å². The predicted octanol–water partition coefficient (Wildman–Crippen LogP) is 6.22. The second kappa shape index (κ2) is 9.95. The molecule has 0 saturated carbocycles. The number of nitrogens with zero attached hydrogens (tertiary/aromatic N) is 4. The maximum Gasteiger partial charge on any atom is 0.175 e. The first-order valence-corrected chi connectivity index (χ1v) is 11.6.